The number of anilines is 2. The van der Waals surface area contributed by atoms with E-state index in [1.807, 2.05) is 12.1 Å². The molecule has 2 N–H and O–H groups in total. The average Bonchev–Trinajstić information content (AvgIpc) is 2.76. The van der Waals surface area contributed by atoms with Crippen LogP contribution in [0.1, 0.15) is 10.5 Å². The van der Waals surface area contributed by atoms with Crippen molar-refractivity contribution in [3.63, 3.8) is 0 Å². The number of nitrogens with one attached hydrogen (secondary N) is 2. The Bertz CT molecular complexity index is 1250. The van der Waals surface area contributed by atoms with Crippen molar-refractivity contribution in [1.82, 2.24) is 20.3 Å². The number of carbonyl (C=O) groups is 1. The van der Waals surface area contributed by atoms with E-state index in [1.165, 1.54) is 13.2 Å². The van der Waals surface area contributed by atoms with Crippen LogP contribution in [0.4, 0.5) is 11.6 Å². The molecular weight excluding hydrogens is 470 g/mol. The number of amides is 1. The molecule has 0 aliphatic heterocycles. The maximum atomic E-state index is 11.7. The molecule has 1 amide bonds. The molecule has 30 heavy (non-hydrogen) atoms. The summed E-state index contributed by atoms with van der Waals surface area (Å²) in [6.07, 6.45) is 3.16. The quantitative estimate of drug-likeness (QED) is 0.419. The summed E-state index contributed by atoms with van der Waals surface area (Å²) >= 11 is 9.47. The van der Waals surface area contributed by atoms with Crippen LogP contribution in [0.25, 0.3) is 10.9 Å². The monoisotopic (exact) mass is 481 g/mol. The topological polar surface area (TPSA) is 89.0 Å². The molecule has 0 aliphatic carbocycles. The lowest BCUT2D eigenvalue weighted by molar-refractivity contribution is 0.0958. The fourth-order valence-electron chi connectivity index (χ4n) is 2.57. The van der Waals surface area contributed by atoms with E-state index in [2.05, 4.69) is 53.6 Å². The first-order chi connectivity index (χ1) is 14.5. The highest BCUT2D eigenvalue weighted by Gasteiger charge is 2.08. The molecule has 4 rings (SSSR count). The van der Waals surface area contributed by atoms with Gasteiger partial charge in [0.05, 0.1) is 5.02 Å². The number of rotatable bonds is 5. The van der Waals surface area contributed by atoms with E-state index in [1.54, 1.807) is 30.5 Å². The van der Waals surface area contributed by atoms with Gasteiger partial charge in [0, 0.05) is 47.1 Å². The highest BCUT2D eigenvalue weighted by atomic mass is 79.9. The van der Waals surface area contributed by atoms with Crippen molar-refractivity contribution in [1.29, 1.82) is 0 Å². The molecule has 0 fully saturated rings. The van der Waals surface area contributed by atoms with Gasteiger partial charge in [0.1, 0.15) is 17.0 Å². The van der Waals surface area contributed by atoms with E-state index in [-0.39, 0.29) is 11.6 Å². The van der Waals surface area contributed by atoms with Gasteiger partial charge in [0.25, 0.3) is 5.91 Å². The van der Waals surface area contributed by atoms with Crippen LogP contribution >= 0.6 is 27.5 Å². The molecule has 0 aliphatic rings. The first-order valence-electron chi connectivity index (χ1n) is 8.70. The van der Waals surface area contributed by atoms with Crippen molar-refractivity contribution in [3.05, 3.63) is 76.1 Å². The number of fused-ring (bicyclic) bond motifs is 1. The molecule has 9 heteroatoms. The molecule has 0 atom stereocenters. The molecule has 2 heterocycles. The van der Waals surface area contributed by atoms with Gasteiger partial charge in [-0.1, -0.05) is 11.6 Å². The number of pyridine rings is 1. The molecule has 2 aromatic heterocycles. The van der Waals surface area contributed by atoms with Crippen LogP contribution in [0.2, 0.25) is 5.02 Å². The van der Waals surface area contributed by atoms with Gasteiger partial charge in [0.15, 0.2) is 5.75 Å². The maximum absolute atomic E-state index is 11.7. The third-order valence-electron chi connectivity index (χ3n) is 4.00. The number of ether oxygens (including phenoxy) is 1. The van der Waals surface area contributed by atoms with E-state index in [0.29, 0.717) is 28.0 Å². The van der Waals surface area contributed by atoms with Gasteiger partial charge in [-0.15, -0.1) is 0 Å². The Morgan fingerprint density at radius 2 is 2.03 bits per heavy atom. The zero-order chi connectivity index (χ0) is 21.1. The number of benzene rings is 1. The first-order valence-corrected chi connectivity index (χ1v) is 9.88. The van der Waals surface area contributed by atoms with Crippen LogP contribution in [0.15, 0.2) is 53.3 Å². The summed E-state index contributed by atoms with van der Waals surface area (Å²) < 4.78 is 6.58. The van der Waals surface area contributed by atoms with Crippen LogP contribution in [-0.2, 0) is 0 Å². The van der Waals surface area contributed by atoms with E-state index < -0.39 is 0 Å². The summed E-state index contributed by atoms with van der Waals surface area (Å²) in [5, 5.41) is 6.93. The van der Waals surface area contributed by atoms with E-state index in [9.17, 15) is 4.79 Å². The summed E-state index contributed by atoms with van der Waals surface area (Å²) in [5.41, 5.74) is 1.59. The second kappa shape index (κ2) is 8.53. The van der Waals surface area contributed by atoms with Crippen LogP contribution in [0, 0.1) is 12.1 Å². The van der Waals surface area contributed by atoms with Crippen molar-refractivity contribution in [2.75, 3.05) is 12.4 Å². The van der Waals surface area contributed by atoms with Gasteiger partial charge in [-0.25, -0.2) is 9.97 Å². The van der Waals surface area contributed by atoms with Crippen molar-refractivity contribution in [2.45, 2.75) is 0 Å². The summed E-state index contributed by atoms with van der Waals surface area (Å²) in [5.74, 6) is 0.984. The summed E-state index contributed by atoms with van der Waals surface area (Å²) in [7, 11) is 1.54. The minimum absolute atomic E-state index is 0.256. The van der Waals surface area contributed by atoms with Gasteiger partial charge in [-0.3, -0.25) is 9.78 Å². The van der Waals surface area contributed by atoms with Crippen LogP contribution < -0.4 is 15.4 Å². The second-order valence-electron chi connectivity index (χ2n) is 6.07. The number of halogens is 2. The Hall–Kier alpha value is -3.41. The summed E-state index contributed by atoms with van der Waals surface area (Å²) in [6.45, 7) is 0. The molecule has 0 bridgehead atoms. The number of carbonyl (C=O) groups excluding carboxylic acids is 1. The molecule has 148 valence electrons. The molecule has 2 aromatic carbocycles. The highest BCUT2D eigenvalue weighted by Crippen LogP contribution is 2.27. The molecule has 7 nitrogen and oxygen atoms in total. The Morgan fingerprint density at radius 1 is 1.17 bits per heavy atom. The van der Waals surface area contributed by atoms with Crippen molar-refractivity contribution >= 4 is 56.0 Å². The third kappa shape index (κ3) is 4.43. The highest BCUT2D eigenvalue weighted by molar-refractivity contribution is 9.10. The molecule has 0 saturated carbocycles. The predicted octanol–water partition coefficient (Wildman–Crippen LogP) is 4.94. The third-order valence-corrected chi connectivity index (χ3v) is 5.23. The Morgan fingerprint density at radius 3 is 2.83 bits per heavy atom. The number of nitrogens with zero attached hydrogens (tertiary/aromatic N) is 3. The van der Waals surface area contributed by atoms with Crippen molar-refractivity contribution in [2.24, 2.45) is 0 Å². The van der Waals surface area contributed by atoms with E-state index in [0.717, 1.165) is 15.5 Å². The maximum Gasteiger partial charge on any atom is 0.269 e. The zero-order valence-electron chi connectivity index (χ0n) is 15.5. The molecule has 4 aromatic rings. The Balaban J connectivity index is 1.54. The predicted molar refractivity (Wildman–Crippen MR) is 117 cm³/mol. The minimum atomic E-state index is -0.296. The number of hydrogen-bond acceptors (Lipinski definition) is 6. The fourth-order valence-corrected chi connectivity index (χ4v) is 2.99. The molecular formula is C21H13BrClN5O2. The van der Waals surface area contributed by atoms with E-state index >= 15 is 0 Å². The summed E-state index contributed by atoms with van der Waals surface area (Å²) in [4.78, 5) is 24.5. The lowest BCUT2D eigenvalue weighted by atomic mass is 10.2. The Kier molecular flexibility index (Phi) is 5.65. The standard InChI is InChI=1S/C21H13BrClN5O2/c1-24-20(29)19-10-15(6-7-25-19)30-14-3-5-18-12(8-14)11-26-21(28-18)27-13-2-4-16(22)17(23)9-13/h2,4,6-11H,1H3,(H,24,29)(H,26,27,28). The largest absolute Gasteiger partial charge is 0.448 e. The van der Waals surface area contributed by atoms with Gasteiger partial charge in [-0.2, -0.15) is 0 Å². The van der Waals surface area contributed by atoms with Gasteiger partial charge in [-0.05, 0) is 52.3 Å². The number of hydrogen-bond donors (Lipinski definition) is 2. The lowest BCUT2D eigenvalue weighted by Gasteiger charge is -2.07. The van der Waals surface area contributed by atoms with Gasteiger partial charge in [0.2, 0.25) is 5.95 Å². The molecule has 0 saturated heterocycles. The normalized spacial score (nSPS) is 10.4. The van der Waals surface area contributed by atoms with Crippen LogP contribution in [0.3, 0.4) is 0 Å². The lowest BCUT2D eigenvalue weighted by Crippen LogP contribution is -2.18. The first kappa shape index (κ1) is 19.9. The van der Waals surface area contributed by atoms with Crippen molar-refractivity contribution in [3.8, 4) is 11.5 Å². The smallest absolute Gasteiger partial charge is 0.269 e. The fraction of sp³-hybridized carbons (Fsp3) is 0.0476. The molecule has 0 spiro atoms. The average molecular weight is 483 g/mol. The molecule has 0 radical (unpaired) electrons. The van der Waals surface area contributed by atoms with Gasteiger partial charge < -0.3 is 15.4 Å². The number of aromatic nitrogens is 3. The van der Waals surface area contributed by atoms with Crippen LogP contribution in [-0.4, -0.2) is 27.9 Å². The second-order valence-corrected chi connectivity index (χ2v) is 7.33. The van der Waals surface area contributed by atoms with Gasteiger partial charge >= 0.3 is 0 Å². The van der Waals surface area contributed by atoms with E-state index in [4.69, 9.17) is 16.3 Å². The minimum Gasteiger partial charge on any atom is -0.448 e. The SMILES string of the molecule is CNC(=O)c1cc(Oc2c#cc3nc(Nc4ccc(Br)c(Cl)c4)ncc3c2)ccn1. The summed E-state index contributed by atoms with van der Waals surface area (Å²) in [6, 6.07) is 16.3. The Labute approximate surface area is 185 Å². The molecule has 0 unspecified atom stereocenters. The van der Waals surface area contributed by atoms with Crippen molar-refractivity contribution < 1.29 is 9.53 Å². The zero-order valence-corrected chi connectivity index (χ0v) is 17.9. The van der Waals surface area contributed by atoms with Crippen LogP contribution in [0.5, 0.6) is 11.5 Å².